The van der Waals surface area contributed by atoms with Gasteiger partial charge in [0.15, 0.2) is 0 Å². The lowest BCUT2D eigenvalue weighted by molar-refractivity contribution is 0.102. The van der Waals surface area contributed by atoms with Crippen molar-refractivity contribution in [1.29, 1.82) is 0 Å². The molecule has 8 heteroatoms. The van der Waals surface area contributed by atoms with Crippen LogP contribution in [-0.2, 0) is 0 Å². The number of carbonyl (C=O) groups excluding carboxylic acids is 1. The quantitative estimate of drug-likeness (QED) is 0.723. The normalized spacial score (nSPS) is 10.4. The summed E-state index contributed by atoms with van der Waals surface area (Å²) in [5.41, 5.74) is 0.589. The van der Waals surface area contributed by atoms with E-state index in [1.165, 1.54) is 36.7 Å². The Balaban J connectivity index is 1.77. The van der Waals surface area contributed by atoms with E-state index in [2.05, 4.69) is 20.6 Å². The van der Waals surface area contributed by atoms with Crippen LogP contribution in [0.25, 0.3) is 0 Å². The first-order valence-electron chi connectivity index (χ1n) is 7.13. The van der Waals surface area contributed by atoms with Crippen LogP contribution in [0, 0.1) is 11.6 Å². The molecule has 2 aromatic carbocycles. The van der Waals surface area contributed by atoms with Crippen molar-refractivity contribution in [2.45, 2.75) is 0 Å². The van der Waals surface area contributed by atoms with Crippen molar-refractivity contribution < 1.29 is 13.6 Å². The van der Waals surface area contributed by atoms with Gasteiger partial charge in [-0.1, -0.05) is 23.7 Å². The number of nitrogens with zero attached hydrogens (tertiary/aromatic N) is 2. The zero-order chi connectivity index (χ0) is 17.8. The molecule has 3 aromatic rings. The number of aromatic nitrogens is 2. The van der Waals surface area contributed by atoms with Gasteiger partial charge in [-0.15, -0.1) is 0 Å². The molecule has 0 radical (unpaired) electrons. The topological polar surface area (TPSA) is 66.9 Å². The van der Waals surface area contributed by atoms with E-state index in [1.807, 2.05) is 0 Å². The Morgan fingerprint density at radius 3 is 2.56 bits per heavy atom. The van der Waals surface area contributed by atoms with Crippen LogP contribution < -0.4 is 10.6 Å². The van der Waals surface area contributed by atoms with E-state index < -0.39 is 17.5 Å². The average Bonchev–Trinajstić information content (AvgIpc) is 2.60. The Bertz CT molecular complexity index is 936. The van der Waals surface area contributed by atoms with Crippen LogP contribution in [0.4, 0.5) is 26.0 Å². The molecule has 3 rings (SSSR count). The molecule has 126 valence electrons. The first-order valence-corrected chi connectivity index (χ1v) is 7.51. The third kappa shape index (κ3) is 4.07. The predicted octanol–water partition coefficient (Wildman–Crippen LogP) is 4.40. The summed E-state index contributed by atoms with van der Waals surface area (Å²) in [5, 5.41) is 5.21. The number of halogens is 3. The van der Waals surface area contributed by atoms with Crippen LogP contribution in [0.5, 0.6) is 0 Å². The summed E-state index contributed by atoms with van der Waals surface area (Å²) >= 11 is 5.68. The van der Waals surface area contributed by atoms with Crippen molar-refractivity contribution in [3.8, 4) is 0 Å². The molecule has 1 aromatic heterocycles. The molecule has 0 aliphatic carbocycles. The molecular weight excluding hydrogens is 350 g/mol. The molecule has 0 atom stereocenters. The number of anilines is 3. The van der Waals surface area contributed by atoms with E-state index in [4.69, 9.17) is 11.6 Å². The average molecular weight is 361 g/mol. The van der Waals surface area contributed by atoms with Gasteiger partial charge in [-0.05, 0) is 30.3 Å². The van der Waals surface area contributed by atoms with Crippen molar-refractivity contribution in [3.05, 3.63) is 77.2 Å². The van der Waals surface area contributed by atoms with Crippen LogP contribution in [0.2, 0.25) is 5.02 Å². The summed E-state index contributed by atoms with van der Waals surface area (Å²) in [7, 11) is 0. The number of benzene rings is 2. The first kappa shape index (κ1) is 16.8. The Morgan fingerprint density at radius 1 is 1.00 bits per heavy atom. The lowest BCUT2D eigenvalue weighted by Gasteiger charge is -2.08. The van der Waals surface area contributed by atoms with Crippen molar-refractivity contribution >= 4 is 34.7 Å². The standard InChI is InChI=1S/C17H11ClF2N4O/c18-11-7-10(5-6-12(11)19)23-17(25)15-8-16(22-9-21-15)24-14-4-2-1-3-13(14)20/h1-9H,(H,23,25)(H,21,22,24). The Morgan fingerprint density at radius 2 is 1.80 bits per heavy atom. The van der Waals surface area contributed by atoms with E-state index in [0.717, 1.165) is 6.07 Å². The van der Waals surface area contributed by atoms with Gasteiger partial charge in [0.25, 0.3) is 5.91 Å². The van der Waals surface area contributed by atoms with Crippen LogP contribution in [-0.4, -0.2) is 15.9 Å². The third-order valence-electron chi connectivity index (χ3n) is 3.21. The van der Waals surface area contributed by atoms with Gasteiger partial charge in [-0.2, -0.15) is 0 Å². The van der Waals surface area contributed by atoms with E-state index in [9.17, 15) is 13.6 Å². The van der Waals surface area contributed by atoms with Gasteiger partial charge in [-0.25, -0.2) is 18.7 Å². The molecular formula is C17H11ClF2N4O. The zero-order valence-corrected chi connectivity index (χ0v) is 13.4. The number of rotatable bonds is 4. The number of carbonyl (C=O) groups is 1. The largest absolute Gasteiger partial charge is 0.338 e. The molecule has 0 saturated heterocycles. The fraction of sp³-hybridized carbons (Fsp3) is 0. The highest BCUT2D eigenvalue weighted by atomic mass is 35.5. The molecule has 0 aliphatic heterocycles. The molecule has 2 N–H and O–H groups in total. The maximum absolute atomic E-state index is 13.7. The monoisotopic (exact) mass is 360 g/mol. The maximum atomic E-state index is 13.7. The lowest BCUT2D eigenvalue weighted by atomic mass is 10.2. The van der Waals surface area contributed by atoms with Crippen molar-refractivity contribution in [2.75, 3.05) is 10.6 Å². The SMILES string of the molecule is O=C(Nc1ccc(F)c(Cl)c1)c1cc(Nc2ccccc2F)ncn1. The lowest BCUT2D eigenvalue weighted by Crippen LogP contribution is -2.14. The molecule has 0 aliphatic rings. The van der Waals surface area contributed by atoms with Crippen LogP contribution in [0.15, 0.2) is 54.9 Å². The van der Waals surface area contributed by atoms with Crippen molar-refractivity contribution in [1.82, 2.24) is 9.97 Å². The molecule has 5 nitrogen and oxygen atoms in total. The number of hydrogen-bond acceptors (Lipinski definition) is 4. The predicted molar refractivity (Wildman–Crippen MR) is 91.1 cm³/mol. The van der Waals surface area contributed by atoms with Crippen molar-refractivity contribution in [2.24, 2.45) is 0 Å². The van der Waals surface area contributed by atoms with Gasteiger partial charge < -0.3 is 10.6 Å². The van der Waals surface area contributed by atoms with E-state index in [1.54, 1.807) is 12.1 Å². The minimum Gasteiger partial charge on any atom is -0.338 e. The summed E-state index contributed by atoms with van der Waals surface area (Å²) in [5.74, 6) is -1.32. The smallest absolute Gasteiger partial charge is 0.274 e. The molecule has 1 heterocycles. The minimum atomic E-state index is -0.585. The van der Waals surface area contributed by atoms with Crippen LogP contribution >= 0.6 is 11.6 Å². The molecule has 25 heavy (non-hydrogen) atoms. The fourth-order valence-corrected chi connectivity index (χ4v) is 2.20. The summed E-state index contributed by atoms with van der Waals surface area (Å²) < 4.78 is 26.8. The maximum Gasteiger partial charge on any atom is 0.274 e. The Labute approximate surface area is 146 Å². The molecule has 0 spiro atoms. The number of hydrogen-bond donors (Lipinski definition) is 2. The molecule has 0 unspecified atom stereocenters. The summed E-state index contributed by atoms with van der Waals surface area (Å²) in [4.78, 5) is 20.1. The van der Waals surface area contributed by atoms with Crippen LogP contribution in [0.3, 0.4) is 0 Å². The molecule has 0 saturated carbocycles. The van der Waals surface area contributed by atoms with Crippen molar-refractivity contribution in [3.63, 3.8) is 0 Å². The zero-order valence-electron chi connectivity index (χ0n) is 12.6. The van der Waals surface area contributed by atoms with Gasteiger partial charge in [-0.3, -0.25) is 4.79 Å². The van der Waals surface area contributed by atoms with E-state index >= 15 is 0 Å². The third-order valence-corrected chi connectivity index (χ3v) is 3.50. The van der Waals surface area contributed by atoms with E-state index in [-0.39, 0.29) is 22.2 Å². The highest BCUT2D eigenvalue weighted by Crippen LogP contribution is 2.21. The van der Waals surface area contributed by atoms with Gasteiger partial charge in [0.05, 0.1) is 10.7 Å². The van der Waals surface area contributed by atoms with E-state index in [0.29, 0.717) is 5.69 Å². The molecule has 1 amide bonds. The van der Waals surface area contributed by atoms with Gasteiger partial charge >= 0.3 is 0 Å². The first-order chi connectivity index (χ1) is 12.0. The Kier molecular flexibility index (Phi) is 4.85. The summed E-state index contributed by atoms with van der Waals surface area (Å²) in [6, 6.07) is 11.2. The number of para-hydroxylation sites is 1. The second-order valence-corrected chi connectivity index (χ2v) is 5.38. The Hall–Kier alpha value is -3.06. The second kappa shape index (κ2) is 7.23. The number of amides is 1. The molecule has 0 bridgehead atoms. The van der Waals surface area contributed by atoms with Crippen LogP contribution in [0.1, 0.15) is 10.5 Å². The molecule has 0 fully saturated rings. The fourth-order valence-electron chi connectivity index (χ4n) is 2.02. The van der Waals surface area contributed by atoms with Gasteiger partial charge in [0.1, 0.15) is 29.5 Å². The summed E-state index contributed by atoms with van der Waals surface area (Å²) in [6.45, 7) is 0. The van der Waals surface area contributed by atoms with Gasteiger partial charge in [0, 0.05) is 11.8 Å². The second-order valence-electron chi connectivity index (χ2n) is 4.98. The number of nitrogens with one attached hydrogen (secondary N) is 2. The highest BCUT2D eigenvalue weighted by Gasteiger charge is 2.11. The highest BCUT2D eigenvalue weighted by molar-refractivity contribution is 6.31. The minimum absolute atomic E-state index is 0.0503. The van der Waals surface area contributed by atoms with Gasteiger partial charge in [0.2, 0.25) is 0 Å². The summed E-state index contributed by atoms with van der Waals surface area (Å²) in [6.07, 6.45) is 1.18.